The molecule has 0 saturated carbocycles. The van der Waals surface area contributed by atoms with Gasteiger partial charge in [-0.05, 0) is 24.6 Å². The molecule has 1 saturated heterocycles. The van der Waals surface area contributed by atoms with Crippen LogP contribution >= 0.6 is 46.4 Å². The minimum absolute atomic E-state index is 0.00109. The van der Waals surface area contributed by atoms with Crippen LogP contribution in [-0.2, 0) is 0 Å². The third kappa shape index (κ3) is 4.40. The minimum atomic E-state index is -0.417. The molecule has 0 N–H and O–H groups in total. The summed E-state index contributed by atoms with van der Waals surface area (Å²) in [6, 6.07) is 5.32. The van der Waals surface area contributed by atoms with Gasteiger partial charge in [0.15, 0.2) is 0 Å². The largest absolute Gasteiger partial charge is 0.496 e. The van der Waals surface area contributed by atoms with Crippen molar-refractivity contribution in [1.29, 1.82) is 0 Å². The molecule has 2 amide bonds. The zero-order valence-electron chi connectivity index (χ0n) is 15.6. The van der Waals surface area contributed by atoms with Gasteiger partial charge in [-0.3, -0.25) is 9.59 Å². The Bertz CT molecular complexity index is 976. The molecule has 0 radical (unpaired) electrons. The Morgan fingerprint density at radius 3 is 2.10 bits per heavy atom. The standard InChI is InChI=1S/C19H17Cl4N3O3/c1-10-3-4-11(9-12(10)29-2)18(27)25-5-7-26(8-6-25)19(28)16-14(21)13(20)15(22)17(23)24-16/h3-4,9H,5-8H2,1-2H3. The molecule has 154 valence electrons. The van der Waals surface area contributed by atoms with E-state index in [0.29, 0.717) is 37.5 Å². The molecule has 1 aromatic heterocycles. The molecule has 10 heteroatoms. The number of pyridine rings is 1. The van der Waals surface area contributed by atoms with Crippen molar-refractivity contribution in [3.05, 3.63) is 55.2 Å². The number of amides is 2. The fraction of sp³-hybridized carbons (Fsp3) is 0.316. The Morgan fingerprint density at radius 1 is 0.931 bits per heavy atom. The van der Waals surface area contributed by atoms with Gasteiger partial charge in [0.05, 0.1) is 22.2 Å². The molecule has 1 aromatic carbocycles. The Kier molecular flexibility index (Phi) is 6.79. The number of carbonyl (C=O) groups is 2. The number of carbonyl (C=O) groups excluding carboxylic acids is 2. The van der Waals surface area contributed by atoms with E-state index in [0.717, 1.165) is 5.56 Å². The van der Waals surface area contributed by atoms with E-state index < -0.39 is 5.91 Å². The van der Waals surface area contributed by atoms with Gasteiger partial charge in [0.25, 0.3) is 11.8 Å². The Hall–Kier alpha value is -1.73. The second-order valence-corrected chi connectivity index (χ2v) is 7.95. The number of methoxy groups -OCH3 is 1. The van der Waals surface area contributed by atoms with Crippen LogP contribution in [0.2, 0.25) is 20.2 Å². The van der Waals surface area contributed by atoms with Crippen LogP contribution in [-0.4, -0.2) is 59.9 Å². The van der Waals surface area contributed by atoms with Gasteiger partial charge >= 0.3 is 0 Å². The second kappa shape index (κ2) is 8.96. The lowest BCUT2D eigenvalue weighted by atomic mass is 10.1. The third-order valence-electron chi connectivity index (χ3n) is 4.70. The molecule has 0 unspecified atom stereocenters. The molecule has 0 bridgehead atoms. The van der Waals surface area contributed by atoms with Gasteiger partial charge in [0.1, 0.15) is 16.6 Å². The third-order valence-corrected chi connectivity index (χ3v) is 6.37. The van der Waals surface area contributed by atoms with Gasteiger partial charge in [0.2, 0.25) is 0 Å². The average molecular weight is 477 g/mol. The summed E-state index contributed by atoms with van der Waals surface area (Å²) < 4.78 is 5.29. The summed E-state index contributed by atoms with van der Waals surface area (Å²) in [6.45, 7) is 3.29. The molecule has 0 spiro atoms. The SMILES string of the molecule is COc1cc(C(=O)N2CCN(C(=O)c3nc(Cl)c(Cl)c(Cl)c3Cl)CC2)ccc1C. The van der Waals surface area contributed by atoms with Crippen molar-refractivity contribution in [1.82, 2.24) is 14.8 Å². The van der Waals surface area contributed by atoms with E-state index in [9.17, 15) is 9.59 Å². The molecule has 3 rings (SSSR count). The second-order valence-electron chi connectivity index (χ2n) is 6.46. The first-order chi connectivity index (χ1) is 13.7. The monoisotopic (exact) mass is 475 g/mol. The first-order valence-corrected chi connectivity index (χ1v) is 10.2. The number of aryl methyl sites for hydroxylation is 1. The lowest BCUT2D eigenvalue weighted by Crippen LogP contribution is -2.50. The van der Waals surface area contributed by atoms with E-state index >= 15 is 0 Å². The van der Waals surface area contributed by atoms with Crippen LogP contribution in [0.25, 0.3) is 0 Å². The normalized spacial score (nSPS) is 14.1. The molecule has 1 aliphatic rings. The average Bonchev–Trinajstić information content (AvgIpc) is 2.74. The highest BCUT2D eigenvalue weighted by atomic mass is 35.5. The van der Waals surface area contributed by atoms with E-state index in [1.54, 1.807) is 29.0 Å². The van der Waals surface area contributed by atoms with Crippen molar-refractivity contribution in [2.75, 3.05) is 33.3 Å². The highest BCUT2D eigenvalue weighted by Gasteiger charge is 2.29. The fourth-order valence-electron chi connectivity index (χ4n) is 3.03. The quantitative estimate of drug-likeness (QED) is 0.606. The Labute approximate surface area is 188 Å². The van der Waals surface area contributed by atoms with E-state index in [1.165, 1.54) is 0 Å². The van der Waals surface area contributed by atoms with Gasteiger partial charge in [-0.25, -0.2) is 4.98 Å². The van der Waals surface area contributed by atoms with Gasteiger partial charge in [-0.2, -0.15) is 0 Å². The zero-order chi connectivity index (χ0) is 21.3. The number of ether oxygens (including phenoxy) is 1. The molecule has 2 aromatic rings. The van der Waals surface area contributed by atoms with Crippen LogP contribution in [0, 0.1) is 6.92 Å². The van der Waals surface area contributed by atoms with Crippen molar-refractivity contribution in [3.63, 3.8) is 0 Å². The summed E-state index contributed by atoms with van der Waals surface area (Å²) >= 11 is 24.0. The van der Waals surface area contributed by atoms with Gasteiger partial charge < -0.3 is 14.5 Å². The Balaban J connectivity index is 1.71. The van der Waals surface area contributed by atoms with Gasteiger partial charge in [-0.15, -0.1) is 0 Å². The van der Waals surface area contributed by atoms with Crippen LogP contribution in [0.1, 0.15) is 26.4 Å². The predicted molar refractivity (Wildman–Crippen MR) is 114 cm³/mol. The van der Waals surface area contributed by atoms with Crippen LogP contribution in [0.5, 0.6) is 5.75 Å². The molecule has 29 heavy (non-hydrogen) atoms. The number of piperazine rings is 1. The van der Waals surface area contributed by atoms with E-state index in [2.05, 4.69) is 4.98 Å². The summed E-state index contributed by atoms with van der Waals surface area (Å²) in [5, 5.41) is -0.152. The van der Waals surface area contributed by atoms with Crippen molar-refractivity contribution in [2.24, 2.45) is 0 Å². The van der Waals surface area contributed by atoms with Crippen molar-refractivity contribution < 1.29 is 14.3 Å². The van der Waals surface area contributed by atoms with Crippen LogP contribution < -0.4 is 4.74 Å². The molecule has 6 nitrogen and oxygen atoms in total. The molecule has 1 aliphatic heterocycles. The van der Waals surface area contributed by atoms with E-state index in [1.807, 2.05) is 13.0 Å². The lowest BCUT2D eigenvalue weighted by molar-refractivity contribution is 0.0532. The zero-order valence-corrected chi connectivity index (χ0v) is 18.7. The van der Waals surface area contributed by atoms with Gasteiger partial charge in [0, 0.05) is 31.7 Å². The minimum Gasteiger partial charge on any atom is -0.496 e. The van der Waals surface area contributed by atoms with Crippen molar-refractivity contribution >= 4 is 58.2 Å². The molecule has 1 fully saturated rings. The van der Waals surface area contributed by atoms with E-state index in [-0.39, 0.29) is 31.8 Å². The maximum Gasteiger partial charge on any atom is 0.274 e. The number of hydrogen-bond acceptors (Lipinski definition) is 4. The topological polar surface area (TPSA) is 62.7 Å². The summed E-state index contributed by atoms with van der Waals surface area (Å²) in [4.78, 5) is 32.8. The van der Waals surface area contributed by atoms with Crippen LogP contribution in [0.15, 0.2) is 18.2 Å². The number of rotatable bonds is 3. The number of halogens is 4. The molecule has 0 aliphatic carbocycles. The van der Waals surface area contributed by atoms with Crippen LogP contribution in [0.4, 0.5) is 0 Å². The number of aromatic nitrogens is 1. The number of hydrogen-bond donors (Lipinski definition) is 0. The van der Waals surface area contributed by atoms with Gasteiger partial charge in [-0.1, -0.05) is 52.5 Å². The maximum absolute atomic E-state index is 12.8. The summed E-state index contributed by atoms with van der Waals surface area (Å²) in [6.07, 6.45) is 0. The Morgan fingerprint density at radius 2 is 1.52 bits per heavy atom. The number of benzene rings is 1. The lowest BCUT2D eigenvalue weighted by Gasteiger charge is -2.34. The van der Waals surface area contributed by atoms with Crippen molar-refractivity contribution in [3.8, 4) is 5.75 Å². The number of nitrogens with zero attached hydrogens (tertiary/aromatic N) is 3. The smallest absolute Gasteiger partial charge is 0.274 e. The fourth-order valence-corrected chi connectivity index (χ4v) is 3.84. The van der Waals surface area contributed by atoms with E-state index in [4.69, 9.17) is 51.1 Å². The molecule has 0 atom stereocenters. The molecular weight excluding hydrogens is 460 g/mol. The summed E-state index contributed by atoms with van der Waals surface area (Å²) in [7, 11) is 1.56. The van der Waals surface area contributed by atoms with Crippen LogP contribution in [0.3, 0.4) is 0 Å². The molecular formula is C19H17Cl4N3O3. The summed E-state index contributed by atoms with van der Waals surface area (Å²) in [5.74, 6) is 0.116. The maximum atomic E-state index is 12.8. The first kappa shape index (κ1) is 22.0. The highest BCUT2D eigenvalue weighted by Crippen LogP contribution is 2.36. The highest BCUT2D eigenvalue weighted by molar-refractivity contribution is 6.52. The van der Waals surface area contributed by atoms with Crippen molar-refractivity contribution in [2.45, 2.75) is 6.92 Å². The predicted octanol–water partition coefficient (Wildman–Crippen LogP) is 4.61. The summed E-state index contributed by atoms with van der Waals surface area (Å²) in [5.41, 5.74) is 1.42. The first-order valence-electron chi connectivity index (χ1n) is 8.67. The molecule has 2 heterocycles.